The van der Waals surface area contributed by atoms with Crippen LogP contribution >= 0.6 is 0 Å². The third-order valence-electron chi connectivity index (χ3n) is 2.56. The average Bonchev–Trinajstić information content (AvgIpc) is 2.73. The fraction of sp³-hybridized carbons (Fsp3) is 0.250. The van der Waals surface area contributed by atoms with E-state index in [1.54, 1.807) is 24.3 Å². The molecule has 1 aromatic heterocycles. The van der Waals surface area contributed by atoms with Crippen molar-refractivity contribution in [3.05, 3.63) is 41.2 Å². The van der Waals surface area contributed by atoms with Gasteiger partial charge >= 0.3 is 5.97 Å². The van der Waals surface area contributed by atoms with Crippen LogP contribution < -0.4 is 0 Å². The number of aromatic hydroxyl groups is 1. The number of nitrogens with zero attached hydrogens (tertiary/aromatic N) is 3. The van der Waals surface area contributed by atoms with Gasteiger partial charge in [0, 0.05) is 7.11 Å². The molecule has 0 atom stereocenters. The summed E-state index contributed by atoms with van der Waals surface area (Å²) in [6.45, 7) is 0.417. The number of benzene rings is 1. The highest BCUT2D eigenvalue weighted by Gasteiger charge is 2.18. The van der Waals surface area contributed by atoms with Crippen LogP contribution in [0.2, 0.25) is 0 Å². The molecule has 0 bridgehead atoms. The first kappa shape index (κ1) is 13.0. The summed E-state index contributed by atoms with van der Waals surface area (Å²) >= 11 is 0. The van der Waals surface area contributed by atoms with E-state index in [-0.39, 0.29) is 18.1 Å². The predicted molar refractivity (Wildman–Crippen MR) is 64.9 cm³/mol. The van der Waals surface area contributed by atoms with Crippen LogP contribution in [0.5, 0.6) is 5.75 Å². The van der Waals surface area contributed by atoms with E-state index in [0.717, 1.165) is 5.56 Å². The smallest absolute Gasteiger partial charge is 0.358 e. The van der Waals surface area contributed by atoms with Gasteiger partial charge in [-0.15, -0.1) is 5.10 Å². The van der Waals surface area contributed by atoms with Crippen molar-refractivity contribution in [1.82, 2.24) is 15.0 Å². The van der Waals surface area contributed by atoms with E-state index in [1.165, 1.54) is 11.8 Å². The zero-order valence-electron chi connectivity index (χ0n) is 10.3. The van der Waals surface area contributed by atoms with Crippen molar-refractivity contribution in [2.75, 3.05) is 7.11 Å². The molecule has 1 aromatic carbocycles. The first-order chi connectivity index (χ1) is 9.11. The molecule has 0 fully saturated rings. The first-order valence-electron chi connectivity index (χ1n) is 5.54. The summed E-state index contributed by atoms with van der Waals surface area (Å²) in [4.78, 5) is 11.0. The number of rotatable bonds is 5. The molecular formula is C12H13N3O4. The van der Waals surface area contributed by atoms with Crippen LogP contribution in [0.15, 0.2) is 24.3 Å². The summed E-state index contributed by atoms with van der Waals surface area (Å²) in [7, 11) is 1.47. The summed E-state index contributed by atoms with van der Waals surface area (Å²) in [5.74, 6) is -1.00. The van der Waals surface area contributed by atoms with E-state index in [1.807, 2.05) is 0 Å². The molecule has 7 nitrogen and oxygen atoms in total. The van der Waals surface area contributed by atoms with Gasteiger partial charge in [-0.2, -0.15) is 0 Å². The fourth-order valence-corrected chi connectivity index (χ4v) is 1.73. The van der Waals surface area contributed by atoms with Gasteiger partial charge in [0.2, 0.25) is 0 Å². The SMILES string of the molecule is COCc1c(C(=O)O)nnn1Cc1cccc(O)c1. The molecule has 19 heavy (non-hydrogen) atoms. The van der Waals surface area contributed by atoms with Gasteiger partial charge in [0.15, 0.2) is 5.69 Å². The van der Waals surface area contributed by atoms with Crippen molar-refractivity contribution in [2.45, 2.75) is 13.2 Å². The normalized spacial score (nSPS) is 10.6. The molecule has 0 spiro atoms. The van der Waals surface area contributed by atoms with Crippen molar-refractivity contribution in [1.29, 1.82) is 0 Å². The number of carboxylic acid groups (broad SMARTS) is 1. The number of aromatic carboxylic acids is 1. The summed E-state index contributed by atoms with van der Waals surface area (Å²) in [6.07, 6.45) is 0. The van der Waals surface area contributed by atoms with E-state index in [0.29, 0.717) is 12.2 Å². The molecule has 0 saturated heterocycles. The maximum atomic E-state index is 11.0. The molecule has 0 saturated carbocycles. The Labute approximate surface area is 109 Å². The van der Waals surface area contributed by atoms with Crippen LogP contribution in [-0.2, 0) is 17.9 Å². The largest absolute Gasteiger partial charge is 0.508 e. The van der Waals surface area contributed by atoms with Crippen molar-refractivity contribution in [2.24, 2.45) is 0 Å². The number of carbonyl (C=O) groups is 1. The molecule has 1 heterocycles. The summed E-state index contributed by atoms with van der Waals surface area (Å²) < 4.78 is 6.41. The topological polar surface area (TPSA) is 97.5 Å². The Kier molecular flexibility index (Phi) is 3.76. The lowest BCUT2D eigenvalue weighted by Gasteiger charge is -2.06. The second-order valence-corrected chi connectivity index (χ2v) is 3.95. The molecule has 2 rings (SSSR count). The number of hydrogen-bond donors (Lipinski definition) is 2. The van der Waals surface area contributed by atoms with E-state index < -0.39 is 5.97 Å². The lowest BCUT2D eigenvalue weighted by Crippen LogP contribution is -2.10. The van der Waals surface area contributed by atoms with Crippen LogP contribution in [0, 0.1) is 0 Å². The standard InChI is InChI=1S/C12H13N3O4/c1-19-7-10-11(12(17)18)13-14-15(10)6-8-3-2-4-9(16)5-8/h2-5,16H,6-7H2,1H3,(H,17,18). The lowest BCUT2D eigenvalue weighted by atomic mass is 10.2. The van der Waals surface area contributed by atoms with Crippen molar-refractivity contribution in [3.63, 3.8) is 0 Å². The van der Waals surface area contributed by atoms with E-state index in [2.05, 4.69) is 10.3 Å². The minimum Gasteiger partial charge on any atom is -0.508 e. The van der Waals surface area contributed by atoms with Crippen LogP contribution in [0.25, 0.3) is 0 Å². The zero-order valence-corrected chi connectivity index (χ0v) is 10.3. The van der Waals surface area contributed by atoms with Crippen LogP contribution in [0.1, 0.15) is 21.7 Å². The Morgan fingerprint density at radius 2 is 2.26 bits per heavy atom. The molecular weight excluding hydrogens is 250 g/mol. The van der Waals surface area contributed by atoms with E-state index >= 15 is 0 Å². The zero-order chi connectivity index (χ0) is 13.8. The number of methoxy groups -OCH3 is 1. The van der Waals surface area contributed by atoms with Gasteiger partial charge in [-0.05, 0) is 17.7 Å². The Balaban J connectivity index is 2.32. The quantitative estimate of drug-likeness (QED) is 0.831. The molecule has 0 aliphatic carbocycles. The second kappa shape index (κ2) is 5.49. The maximum Gasteiger partial charge on any atom is 0.358 e. The van der Waals surface area contributed by atoms with Crippen LogP contribution in [-0.4, -0.2) is 38.3 Å². The molecule has 100 valence electrons. The number of aromatic nitrogens is 3. The predicted octanol–water partition coefficient (Wildman–Crippen LogP) is 0.877. The number of phenolic OH excluding ortho intramolecular Hbond substituents is 1. The fourth-order valence-electron chi connectivity index (χ4n) is 1.73. The highest BCUT2D eigenvalue weighted by Crippen LogP contribution is 2.14. The van der Waals surface area contributed by atoms with Crippen molar-refractivity contribution >= 4 is 5.97 Å². The van der Waals surface area contributed by atoms with E-state index in [4.69, 9.17) is 9.84 Å². The maximum absolute atomic E-state index is 11.0. The molecule has 2 aromatic rings. The monoisotopic (exact) mass is 263 g/mol. The molecule has 0 amide bonds. The third kappa shape index (κ3) is 2.89. The van der Waals surface area contributed by atoms with Crippen molar-refractivity contribution < 1.29 is 19.7 Å². The molecule has 0 radical (unpaired) electrons. The number of phenols is 1. The lowest BCUT2D eigenvalue weighted by molar-refractivity contribution is 0.0684. The molecule has 2 N–H and O–H groups in total. The minimum absolute atomic E-state index is 0.105. The Morgan fingerprint density at radius 3 is 2.89 bits per heavy atom. The van der Waals surface area contributed by atoms with Gasteiger partial charge in [-0.3, -0.25) is 0 Å². The number of ether oxygens (including phenoxy) is 1. The Bertz CT molecular complexity index is 594. The first-order valence-corrected chi connectivity index (χ1v) is 5.54. The van der Waals surface area contributed by atoms with Gasteiger partial charge in [-0.1, -0.05) is 17.3 Å². The van der Waals surface area contributed by atoms with Crippen LogP contribution in [0.3, 0.4) is 0 Å². The van der Waals surface area contributed by atoms with Gasteiger partial charge in [0.05, 0.1) is 18.8 Å². The molecule has 7 heteroatoms. The van der Waals surface area contributed by atoms with Gasteiger partial charge in [-0.25, -0.2) is 9.48 Å². The minimum atomic E-state index is -1.14. The molecule has 0 aliphatic rings. The average molecular weight is 263 g/mol. The number of carboxylic acids is 1. The van der Waals surface area contributed by atoms with Gasteiger partial charge in [0.1, 0.15) is 5.75 Å². The summed E-state index contributed by atoms with van der Waals surface area (Å²) in [5.41, 5.74) is 1.06. The second-order valence-electron chi connectivity index (χ2n) is 3.95. The van der Waals surface area contributed by atoms with E-state index in [9.17, 15) is 9.90 Å². The molecule has 0 unspecified atom stereocenters. The van der Waals surface area contributed by atoms with Crippen molar-refractivity contribution in [3.8, 4) is 5.75 Å². The molecule has 0 aliphatic heterocycles. The third-order valence-corrected chi connectivity index (χ3v) is 2.56. The Morgan fingerprint density at radius 1 is 1.47 bits per heavy atom. The van der Waals surface area contributed by atoms with Gasteiger partial charge in [0.25, 0.3) is 0 Å². The highest BCUT2D eigenvalue weighted by molar-refractivity contribution is 5.86. The van der Waals surface area contributed by atoms with Gasteiger partial charge < -0.3 is 14.9 Å². The Hall–Kier alpha value is -2.41. The number of hydrogen-bond acceptors (Lipinski definition) is 5. The highest BCUT2D eigenvalue weighted by atomic mass is 16.5. The summed E-state index contributed by atoms with van der Waals surface area (Å²) in [5, 5.41) is 25.8. The summed E-state index contributed by atoms with van der Waals surface area (Å²) in [6, 6.07) is 6.65. The van der Waals surface area contributed by atoms with Crippen LogP contribution in [0.4, 0.5) is 0 Å².